The average Bonchev–Trinajstić information content (AvgIpc) is 1.84. The van der Waals surface area contributed by atoms with Crippen LogP contribution in [0.25, 0.3) is 0 Å². The van der Waals surface area contributed by atoms with Crippen LogP contribution in [0.3, 0.4) is 0 Å². The number of halogens is 1. The van der Waals surface area contributed by atoms with E-state index in [1.165, 1.54) is 0 Å². The first-order valence-corrected chi connectivity index (χ1v) is 6.03. The summed E-state index contributed by atoms with van der Waals surface area (Å²) in [7, 11) is -2.93. The van der Waals surface area contributed by atoms with Crippen LogP contribution in [-0.4, -0.2) is 33.1 Å². The number of rotatable bonds is 6. The first kappa shape index (κ1) is 11.8. The van der Waals surface area contributed by atoms with E-state index in [0.717, 1.165) is 6.26 Å². The van der Waals surface area contributed by atoms with Gasteiger partial charge in [0.2, 0.25) is 0 Å². The third kappa shape index (κ3) is 7.94. The normalized spacial score (nSPS) is 14.6. The first-order valence-electron chi connectivity index (χ1n) is 3.97. The van der Waals surface area contributed by atoms with Crippen LogP contribution in [0, 0.1) is 0 Å². The molecule has 74 valence electrons. The van der Waals surface area contributed by atoms with E-state index in [2.05, 4.69) is 0 Å². The molecule has 0 aliphatic heterocycles. The molecular weight excluding hydrogens is 181 g/mol. The Morgan fingerprint density at radius 3 is 2.42 bits per heavy atom. The minimum atomic E-state index is -2.93. The quantitative estimate of drug-likeness (QED) is 0.674. The average molecular weight is 197 g/mol. The fraction of sp³-hybridized carbons (Fsp3) is 1.00. The maximum atomic E-state index is 12.7. The van der Waals surface area contributed by atoms with Crippen LogP contribution in [0.2, 0.25) is 0 Å². The molecular formula is C7H16FNO2S. The summed E-state index contributed by atoms with van der Waals surface area (Å²) in [6.07, 6.45) is 1.22. The van der Waals surface area contributed by atoms with Crippen LogP contribution in [0.5, 0.6) is 0 Å². The Kier molecular flexibility index (Phi) is 5.41. The summed E-state index contributed by atoms with van der Waals surface area (Å²) in [5.74, 6) is 0.0675. The third-order valence-electron chi connectivity index (χ3n) is 1.51. The third-order valence-corrected chi connectivity index (χ3v) is 2.54. The molecule has 0 rings (SSSR count). The van der Waals surface area contributed by atoms with Gasteiger partial charge in [0.25, 0.3) is 0 Å². The Labute approximate surface area is 73.1 Å². The number of hydrogen-bond acceptors (Lipinski definition) is 3. The Balaban J connectivity index is 3.44. The molecule has 0 saturated heterocycles. The van der Waals surface area contributed by atoms with Crippen LogP contribution in [0.15, 0.2) is 0 Å². The van der Waals surface area contributed by atoms with Crippen molar-refractivity contribution in [3.63, 3.8) is 0 Å². The van der Waals surface area contributed by atoms with Crippen LogP contribution in [0.1, 0.15) is 19.3 Å². The molecule has 0 aromatic heterocycles. The van der Waals surface area contributed by atoms with Crippen LogP contribution < -0.4 is 5.73 Å². The molecule has 0 aromatic carbocycles. The number of sulfone groups is 1. The van der Waals surface area contributed by atoms with Crippen molar-refractivity contribution in [2.75, 3.05) is 18.6 Å². The summed E-state index contributed by atoms with van der Waals surface area (Å²) in [5.41, 5.74) is 5.13. The summed E-state index contributed by atoms with van der Waals surface area (Å²) in [5, 5.41) is 0. The molecule has 5 heteroatoms. The summed E-state index contributed by atoms with van der Waals surface area (Å²) >= 11 is 0. The van der Waals surface area contributed by atoms with Gasteiger partial charge in [-0.3, -0.25) is 0 Å². The monoisotopic (exact) mass is 197 g/mol. The van der Waals surface area contributed by atoms with Gasteiger partial charge >= 0.3 is 0 Å². The predicted octanol–water partition coefficient (Wildman–Crippen LogP) is 0.498. The summed E-state index contributed by atoms with van der Waals surface area (Å²) in [4.78, 5) is 0. The van der Waals surface area contributed by atoms with Gasteiger partial charge in [0.05, 0.1) is 0 Å². The lowest BCUT2D eigenvalue weighted by Gasteiger charge is -2.04. The van der Waals surface area contributed by atoms with E-state index in [1.807, 2.05) is 0 Å². The molecule has 0 aliphatic carbocycles. The number of alkyl halides is 1. The summed E-state index contributed by atoms with van der Waals surface area (Å²) in [6, 6.07) is 0. The highest BCUT2D eigenvalue weighted by Crippen LogP contribution is 2.06. The van der Waals surface area contributed by atoms with Crippen molar-refractivity contribution in [1.29, 1.82) is 0 Å². The van der Waals surface area contributed by atoms with Crippen molar-refractivity contribution in [2.24, 2.45) is 5.73 Å². The SMILES string of the molecule is CS(=O)(=O)CCCC(F)CCN. The first-order chi connectivity index (χ1) is 5.45. The van der Waals surface area contributed by atoms with E-state index in [9.17, 15) is 12.8 Å². The largest absolute Gasteiger partial charge is 0.330 e. The summed E-state index contributed by atoms with van der Waals surface area (Å²) < 4.78 is 34.0. The topological polar surface area (TPSA) is 60.2 Å². The van der Waals surface area contributed by atoms with Gasteiger partial charge in [0.15, 0.2) is 0 Å². The zero-order valence-corrected chi connectivity index (χ0v) is 8.11. The molecule has 12 heavy (non-hydrogen) atoms. The predicted molar refractivity (Wildman–Crippen MR) is 47.5 cm³/mol. The minimum absolute atomic E-state index is 0.0675. The van der Waals surface area contributed by atoms with E-state index < -0.39 is 16.0 Å². The smallest absolute Gasteiger partial charge is 0.147 e. The molecule has 2 N–H and O–H groups in total. The van der Waals surface area contributed by atoms with Crippen molar-refractivity contribution in [3.8, 4) is 0 Å². The van der Waals surface area contributed by atoms with E-state index in [0.29, 0.717) is 25.8 Å². The maximum absolute atomic E-state index is 12.7. The fourth-order valence-electron chi connectivity index (χ4n) is 0.892. The molecule has 0 aliphatic rings. The van der Waals surface area contributed by atoms with Gasteiger partial charge in [-0.15, -0.1) is 0 Å². The van der Waals surface area contributed by atoms with E-state index >= 15 is 0 Å². The lowest BCUT2D eigenvalue weighted by Crippen LogP contribution is -2.11. The second-order valence-corrected chi connectivity index (χ2v) is 5.21. The highest BCUT2D eigenvalue weighted by molar-refractivity contribution is 7.90. The highest BCUT2D eigenvalue weighted by atomic mass is 32.2. The van der Waals surface area contributed by atoms with Gasteiger partial charge < -0.3 is 5.73 Å². The summed E-state index contributed by atoms with van der Waals surface area (Å²) in [6.45, 7) is 0.319. The van der Waals surface area contributed by atoms with Gasteiger partial charge in [-0.2, -0.15) is 0 Å². The van der Waals surface area contributed by atoms with E-state index in [-0.39, 0.29) is 5.75 Å². The van der Waals surface area contributed by atoms with Crippen molar-refractivity contribution in [2.45, 2.75) is 25.4 Å². The number of hydrogen-bond donors (Lipinski definition) is 1. The fourth-order valence-corrected chi connectivity index (χ4v) is 1.58. The standard InChI is InChI=1S/C7H16FNO2S/c1-12(10,11)6-2-3-7(8)4-5-9/h7H,2-6,9H2,1H3. The van der Waals surface area contributed by atoms with Gasteiger partial charge in [-0.25, -0.2) is 12.8 Å². The van der Waals surface area contributed by atoms with Gasteiger partial charge in [0, 0.05) is 12.0 Å². The minimum Gasteiger partial charge on any atom is -0.330 e. The molecule has 0 aromatic rings. The Morgan fingerprint density at radius 2 is 2.00 bits per heavy atom. The zero-order chi connectivity index (χ0) is 9.61. The molecule has 0 amide bonds. The van der Waals surface area contributed by atoms with Crippen molar-refractivity contribution in [3.05, 3.63) is 0 Å². The lowest BCUT2D eigenvalue weighted by atomic mass is 10.2. The highest BCUT2D eigenvalue weighted by Gasteiger charge is 2.07. The molecule has 3 nitrogen and oxygen atoms in total. The van der Waals surface area contributed by atoms with Crippen molar-refractivity contribution >= 4 is 9.84 Å². The molecule has 0 fully saturated rings. The second kappa shape index (κ2) is 5.48. The molecule has 0 bridgehead atoms. The van der Waals surface area contributed by atoms with Crippen LogP contribution in [0.4, 0.5) is 4.39 Å². The van der Waals surface area contributed by atoms with Gasteiger partial charge in [-0.1, -0.05) is 0 Å². The van der Waals surface area contributed by atoms with Crippen LogP contribution >= 0.6 is 0 Å². The molecule has 0 spiro atoms. The Hall–Kier alpha value is -0.160. The Bertz CT molecular complexity index is 203. The zero-order valence-electron chi connectivity index (χ0n) is 7.29. The van der Waals surface area contributed by atoms with Crippen molar-refractivity contribution < 1.29 is 12.8 Å². The van der Waals surface area contributed by atoms with Gasteiger partial charge in [-0.05, 0) is 25.8 Å². The molecule has 1 atom stereocenters. The molecule has 1 unspecified atom stereocenters. The molecule has 0 heterocycles. The van der Waals surface area contributed by atoms with E-state index in [1.54, 1.807) is 0 Å². The van der Waals surface area contributed by atoms with Gasteiger partial charge in [0.1, 0.15) is 16.0 Å². The Morgan fingerprint density at radius 1 is 1.42 bits per heavy atom. The molecule has 0 saturated carbocycles. The lowest BCUT2D eigenvalue weighted by molar-refractivity contribution is 0.298. The number of nitrogens with two attached hydrogens (primary N) is 1. The maximum Gasteiger partial charge on any atom is 0.147 e. The van der Waals surface area contributed by atoms with E-state index in [4.69, 9.17) is 5.73 Å². The van der Waals surface area contributed by atoms with Crippen molar-refractivity contribution in [1.82, 2.24) is 0 Å². The molecule has 0 radical (unpaired) electrons. The van der Waals surface area contributed by atoms with Crippen LogP contribution in [-0.2, 0) is 9.84 Å². The second-order valence-electron chi connectivity index (χ2n) is 2.95.